The minimum absolute atomic E-state index is 0.0306. The number of hydrogen-bond donors (Lipinski definition) is 1. The Labute approximate surface area is 153 Å². The lowest BCUT2D eigenvalue weighted by Crippen LogP contribution is -2.49. The largest absolute Gasteiger partial charge is 0.369 e. The molecule has 1 aromatic rings. The van der Waals surface area contributed by atoms with Gasteiger partial charge in [-0.05, 0) is 24.3 Å². The number of nitrogens with zero attached hydrogens (tertiary/aromatic N) is 3. The number of primary amides is 1. The number of carbonyl (C=O) groups is 3. The van der Waals surface area contributed by atoms with E-state index in [-0.39, 0.29) is 24.2 Å². The second-order valence-corrected chi connectivity index (χ2v) is 7.29. The molecule has 2 aliphatic heterocycles. The van der Waals surface area contributed by atoms with Gasteiger partial charge in [-0.15, -0.1) is 0 Å². The highest BCUT2D eigenvalue weighted by Gasteiger charge is 2.34. The minimum atomic E-state index is -0.425. The average Bonchev–Trinajstić information content (AvgIpc) is 3.03. The van der Waals surface area contributed by atoms with Crippen molar-refractivity contribution in [3.8, 4) is 0 Å². The molecule has 2 N–H and O–H groups in total. The van der Waals surface area contributed by atoms with Crippen molar-refractivity contribution in [2.75, 3.05) is 42.5 Å². The van der Waals surface area contributed by atoms with E-state index in [0.29, 0.717) is 6.54 Å². The van der Waals surface area contributed by atoms with Crippen molar-refractivity contribution in [3.63, 3.8) is 0 Å². The van der Waals surface area contributed by atoms with E-state index in [2.05, 4.69) is 4.90 Å². The van der Waals surface area contributed by atoms with E-state index in [0.717, 1.165) is 37.6 Å². The van der Waals surface area contributed by atoms with Crippen LogP contribution in [0.2, 0.25) is 0 Å². The average molecular weight is 358 g/mol. The number of benzene rings is 1. The summed E-state index contributed by atoms with van der Waals surface area (Å²) in [4.78, 5) is 41.3. The van der Waals surface area contributed by atoms with Gasteiger partial charge in [-0.3, -0.25) is 14.4 Å². The molecule has 2 saturated heterocycles. The number of nitrogens with two attached hydrogens (primary N) is 1. The van der Waals surface area contributed by atoms with Gasteiger partial charge in [0, 0.05) is 56.4 Å². The Hall–Kier alpha value is -2.57. The van der Waals surface area contributed by atoms with Crippen LogP contribution in [0.5, 0.6) is 0 Å². The second kappa shape index (κ2) is 7.35. The second-order valence-electron chi connectivity index (χ2n) is 7.29. The summed E-state index contributed by atoms with van der Waals surface area (Å²) in [6, 6.07) is 7.78. The van der Waals surface area contributed by atoms with Gasteiger partial charge in [0.15, 0.2) is 0 Å². The molecular weight excluding hydrogens is 332 g/mol. The lowest BCUT2D eigenvalue weighted by molar-refractivity contribution is -0.134. The standard InChI is InChI=1S/C19H26N4O3/c1-13(2)19(26)22-9-7-21(8-10-22)15-3-5-16(6-4-15)23-12-14(18(20)25)11-17(23)24/h3-6,13-14H,7-12H2,1-2H3,(H2,20,25)/t14-/m1/s1. The van der Waals surface area contributed by atoms with E-state index in [1.807, 2.05) is 43.0 Å². The number of hydrogen-bond acceptors (Lipinski definition) is 4. The van der Waals surface area contributed by atoms with Crippen LogP contribution < -0.4 is 15.5 Å². The maximum Gasteiger partial charge on any atom is 0.227 e. The predicted molar refractivity (Wildman–Crippen MR) is 99.7 cm³/mol. The summed E-state index contributed by atoms with van der Waals surface area (Å²) in [5, 5.41) is 0. The lowest BCUT2D eigenvalue weighted by atomic mass is 10.1. The third-order valence-electron chi connectivity index (χ3n) is 5.14. The van der Waals surface area contributed by atoms with Crippen LogP contribution in [0.3, 0.4) is 0 Å². The van der Waals surface area contributed by atoms with Crippen molar-refractivity contribution in [1.29, 1.82) is 0 Å². The van der Waals surface area contributed by atoms with Gasteiger partial charge < -0.3 is 20.4 Å². The highest BCUT2D eigenvalue weighted by molar-refractivity contribution is 6.00. The van der Waals surface area contributed by atoms with Crippen molar-refractivity contribution in [1.82, 2.24) is 4.90 Å². The molecule has 0 spiro atoms. The maximum atomic E-state index is 12.1. The summed E-state index contributed by atoms with van der Waals surface area (Å²) in [5.74, 6) is -0.665. The van der Waals surface area contributed by atoms with Gasteiger partial charge in [-0.25, -0.2) is 0 Å². The number of rotatable bonds is 4. The van der Waals surface area contributed by atoms with Crippen LogP contribution in [0, 0.1) is 11.8 Å². The monoisotopic (exact) mass is 358 g/mol. The molecule has 7 heteroatoms. The zero-order valence-corrected chi connectivity index (χ0v) is 15.4. The fourth-order valence-corrected chi connectivity index (χ4v) is 3.54. The topological polar surface area (TPSA) is 86.9 Å². The van der Waals surface area contributed by atoms with Crippen molar-refractivity contribution in [3.05, 3.63) is 24.3 Å². The van der Waals surface area contributed by atoms with Gasteiger partial charge in [0.1, 0.15) is 0 Å². The summed E-state index contributed by atoms with van der Waals surface area (Å²) < 4.78 is 0. The first-order valence-electron chi connectivity index (χ1n) is 9.10. The van der Waals surface area contributed by atoms with E-state index >= 15 is 0 Å². The molecule has 3 rings (SSSR count). The van der Waals surface area contributed by atoms with Crippen LogP contribution in [0.4, 0.5) is 11.4 Å². The van der Waals surface area contributed by atoms with Crippen LogP contribution >= 0.6 is 0 Å². The Morgan fingerprint density at radius 3 is 2.12 bits per heavy atom. The summed E-state index contributed by atoms with van der Waals surface area (Å²) >= 11 is 0. The van der Waals surface area contributed by atoms with Crippen LogP contribution in [-0.2, 0) is 14.4 Å². The molecule has 1 aromatic carbocycles. The summed E-state index contributed by atoms with van der Waals surface area (Å²) in [7, 11) is 0. The van der Waals surface area contributed by atoms with E-state index in [1.165, 1.54) is 0 Å². The molecule has 7 nitrogen and oxygen atoms in total. The molecule has 26 heavy (non-hydrogen) atoms. The van der Waals surface area contributed by atoms with Crippen molar-refractivity contribution >= 4 is 29.1 Å². The predicted octanol–water partition coefficient (Wildman–Crippen LogP) is 0.829. The van der Waals surface area contributed by atoms with Crippen LogP contribution in [0.25, 0.3) is 0 Å². The number of anilines is 2. The molecule has 0 bridgehead atoms. The van der Waals surface area contributed by atoms with Crippen molar-refractivity contribution in [2.24, 2.45) is 17.6 Å². The summed E-state index contributed by atoms with van der Waals surface area (Å²) in [6.07, 6.45) is 0.183. The quantitative estimate of drug-likeness (QED) is 0.864. The first-order chi connectivity index (χ1) is 12.4. The van der Waals surface area contributed by atoms with Gasteiger partial charge in [0.2, 0.25) is 17.7 Å². The van der Waals surface area contributed by atoms with E-state index < -0.39 is 11.8 Å². The van der Waals surface area contributed by atoms with Gasteiger partial charge in [0.25, 0.3) is 0 Å². The smallest absolute Gasteiger partial charge is 0.227 e. The lowest BCUT2D eigenvalue weighted by Gasteiger charge is -2.37. The molecule has 0 unspecified atom stereocenters. The molecule has 0 radical (unpaired) electrons. The number of amides is 3. The fraction of sp³-hybridized carbons (Fsp3) is 0.526. The van der Waals surface area contributed by atoms with Crippen molar-refractivity contribution in [2.45, 2.75) is 20.3 Å². The Bertz CT molecular complexity index is 693. The molecule has 1 atom stereocenters. The zero-order chi connectivity index (χ0) is 18.8. The first-order valence-corrected chi connectivity index (χ1v) is 9.10. The Morgan fingerprint density at radius 2 is 1.62 bits per heavy atom. The Balaban J connectivity index is 1.61. The SMILES string of the molecule is CC(C)C(=O)N1CCN(c2ccc(N3C[C@H](C(N)=O)CC3=O)cc2)CC1. The molecule has 0 aliphatic carbocycles. The highest BCUT2D eigenvalue weighted by Crippen LogP contribution is 2.27. The van der Waals surface area contributed by atoms with Crippen LogP contribution in [0.1, 0.15) is 20.3 Å². The maximum absolute atomic E-state index is 12.1. The van der Waals surface area contributed by atoms with E-state index in [1.54, 1.807) is 4.90 Å². The molecule has 140 valence electrons. The third kappa shape index (κ3) is 3.66. The van der Waals surface area contributed by atoms with Gasteiger partial charge in [-0.2, -0.15) is 0 Å². The molecule has 2 fully saturated rings. The molecule has 2 heterocycles. The van der Waals surface area contributed by atoms with Crippen LogP contribution in [-0.4, -0.2) is 55.3 Å². The molecular formula is C19H26N4O3. The fourth-order valence-electron chi connectivity index (χ4n) is 3.54. The van der Waals surface area contributed by atoms with Gasteiger partial charge in [0.05, 0.1) is 5.92 Å². The minimum Gasteiger partial charge on any atom is -0.369 e. The van der Waals surface area contributed by atoms with Gasteiger partial charge >= 0.3 is 0 Å². The van der Waals surface area contributed by atoms with Crippen molar-refractivity contribution < 1.29 is 14.4 Å². The first kappa shape index (κ1) is 18.2. The normalized spacial score (nSPS) is 20.8. The summed E-state index contributed by atoms with van der Waals surface area (Å²) in [6.45, 7) is 7.25. The van der Waals surface area contributed by atoms with Crippen LogP contribution in [0.15, 0.2) is 24.3 Å². The third-order valence-corrected chi connectivity index (χ3v) is 5.14. The van der Waals surface area contributed by atoms with Gasteiger partial charge in [-0.1, -0.05) is 13.8 Å². The summed E-state index contributed by atoms with van der Waals surface area (Å²) in [5.41, 5.74) is 7.18. The molecule has 2 aliphatic rings. The number of carbonyl (C=O) groups excluding carboxylic acids is 3. The molecule has 0 aromatic heterocycles. The Morgan fingerprint density at radius 1 is 1.04 bits per heavy atom. The number of piperazine rings is 1. The van der Waals surface area contributed by atoms with E-state index in [4.69, 9.17) is 5.73 Å². The van der Waals surface area contributed by atoms with E-state index in [9.17, 15) is 14.4 Å². The Kier molecular flexibility index (Phi) is 5.15. The molecule has 3 amide bonds. The highest BCUT2D eigenvalue weighted by atomic mass is 16.2. The zero-order valence-electron chi connectivity index (χ0n) is 15.4. The molecule has 0 saturated carbocycles.